The molecule has 12 rings (SSSR count). The van der Waals surface area contributed by atoms with Crippen molar-refractivity contribution in [3.05, 3.63) is 241 Å². The zero-order chi connectivity index (χ0) is 41.0. The minimum atomic E-state index is 0.106. The van der Waals surface area contributed by atoms with Crippen LogP contribution in [0.2, 0.25) is 0 Å². The van der Waals surface area contributed by atoms with Crippen molar-refractivity contribution >= 4 is 55.5 Å². The van der Waals surface area contributed by atoms with Crippen LogP contribution in [0, 0.1) is 0 Å². The second kappa shape index (κ2) is 14.9. The van der Waals surface area contributed by atoms with Crippen LogP contribution in [0.4, 0.5) is 0 Å². The first-order valence-electron chi connectivity index (χ1n) is 21.4. The topological polar surface area (TPSA) is 17.8 Å². The first-order valence-corrected chi connectivity index (χ1v) is 21.4. The fourth-order valence-electron chi connectivity index (χ4n) is 9.62. The van der Waals surface area contributed by atoms with E-state index >= 15 is 0 Å². The Kier molecular flexibility index (Phi) is 8.60. The van der Waals surface area contributed by atoms with E-state index in [0.29, 0.717) is 0 Å². The molecule has 290 valence electrons. The number of fused-ring (bicyclic) bond motifs is 5. The molecule has 0 aliphatic heterocycles. The predicted octanol–water partition coefficient (Wildman–Crippen LogP) is 16.0. The molecular formula is C60H40N2. The molecule has 0 spiro atoms. The fraction of sp³-hybridized carbons (Fsp3) is 0.0167. The Labute approximate surface area is 361 Å². The number of hydrogen-bond acceptors (Lipinski definition) is 1. The average molecular weight is 789 g/mol. The maximum atomic E-state index is 5.08. The van der Waals surface area contributed by atoms with Crippen molar-refractivity contribution < 1.29 is 0 Å². The van der Waals surface area contributed by atoms with E-state index in [2.05, 4.69) is 241 Å². The molecule has 0 amide bonds. The summed E-state index contributed by atoms with van der Waals surface area (Å²) in [5, 5.41) is 7.58. The second-order valence-electron chi connectivity index (χ2n) is 16.3. The van der Waals surface area contributed by atoms with Gasteiger partial charge in [-0.3, -0.25) is 4.57 Å². The van der Waals surface area contributed by atoms with Crippen molar-refractivity contribution in [1.82, 2.24) is 9.55 Å². The highest BCUT2D eigenvalue weighted by Crippen LogP contribution is 2.45. The second-order valence-corrected chi connectivity index (χ2v) is 16.3. The standard InChI is InChI=1S/C60H40N2/c1-2-16-51(17-3-1)62-57-21-11-10-20-56(57)61-60(62)47-33-28-44(29-34-47)43-22-24-45(25-23-43)49-36-37-54-55(39-49)59(50-35-30-42-14-6-7-15-48(42)38-50)53-19-9-8-18-52(53)58(54)46-31-26-40-12-4-5-13-41(40)27-32-46/h1-39,46H. The van der Waals surface area contributed by atoms with Gasteiger partial charge in [0.1, 0.15) is 5.82 Å². The third kappa shape index (κ3) is 6.16. The molecule has 0 atom stereocenters. The van der Waals surface area contributed by atoms with Gasteiger partial charge in [0.15, 0.2) is 0 Å². The summed E-state index contributed by atoms with van der Waals surface area (Å²) in [6.45, 7) is 0. The van der Waals surface area contributed by atoms with Gasteiger partial charge >= 0.3 is 0 Å². The molecule has 10 aromatic carbocycles. The van der Waals surface area contributed by atoms with E-state index in [4.69, 9.17) is 4.98 Å². The molecule has 1 aliphatic carbocycles. The third-order valence-electron chi connectivity index (χ3n) is 12.7. The first-order chi connectivity index (χ1) is 30.7. The molecule has 11 aromatic rings. The van der Waals surface area contributed by atoms with Gasteiger partial charge in [0.2, 0.25) is 0 Å². The maximum absolute atomic E-state index is 5.08. The van der Waals surface area contributed by atoms with Crippen LogP contribution in [0.25, 0.3) is 106 Å². The summed E-state index contributed by atoms with van der Waals surface area (Å²) in [7, 11) is 0. The molecule has 1 aromatic heterocycles. The molecule has 1 heterocycles. The molecule has 2 heteroatoms. The zero-order valence-electron chi connectivity index (χ0n) is 34.0. The number of para-hydroxylation sites is 3. The molecule has 0 saturated heterocycles. The van der Waals surface area contributed by atoms with Gasteiger partial charge in [-0.25, -0.2) is 4.98 Å². The monoisotopic (exact) mass is 788 g/mol. The summed E-state index contributed by atoms with van der Waals surface area (Å²) in [6.07, 6.45) is 9.33. The van der Waals surface area contributed by atoms with Crippen molar-refractivity contribution in [1.29, 1.82) is 0 Å². The highest BCUT2D eigenvalue weighted by atomic mass is 15.1. The summed E-state index contributed by atoms with van der Waals surface area (Å²) in [5.41, 5.74) is 15.3. The van der Waals surface area contributed by atoms with E-state index in [-0.39, 0.29) is 5.92 Å². The lowest BCUT2D eigenvalue weighted by Crippen LogP contribution is -1.98. The molecule has 0 saturated carbocycles. The maximum Gasteiger partial charge on any atom is 0.145 e. The van der Waals surface area contributed by atoms with Crippen LogP contribution in [0.3, 0.4) is 0 Å². The molecule has 62 heavy (non-hydrogen) atoms. The lowest BCUT2D eigenvalue weighted by atomic mass is 9.82. The summed E-state index contributed by atoms with van der Waals surface area (Å²) >= 11 is 0. The molecule has 0 radical (unpaired) electrons. The lowest BCUT2D eigenvalue weighted by Gasteiger charge is -2.21. The van der Waals surface area contributed by atoms with Crippen molar-refractivity contribution in [2.45, 2.75) is 5.92 Å². The highest BCUT2D eigenvalue weighted by Gasteiger charge is 2.21. The van der Waals surface area contributed by atoms with Crippen LogP contribution in [-0.2, 0) is 0 Å². The number of allylic oxidation sites excluding steroid dienone is 2. The van der Waals surface area contributed by atoms with Gasteiger partial charge in [-0.15, -0.1) is 0 Å². The van der Waals surface area contributed by atoms with E-state index in [9.17, 15) is 0 Å². The summed E-state index contributed by atoms with van der Waals surface area (Å²) in [4.78, 5) is 5.08. The van der Waals surface area contributed by atoms with Crippen molar-refractivity contribution in [3.8, 4) is 50.5 Å². The summed E-state index contributed by atoms with van der Waals surface area (Å²) in [5.74, 6) is 1.04. The van der Waals surface area contributed by atoms with Gasteiger partial charge in [-0.1, -0.05) is 200 Å². The van der Waals surface area contributed by atoms with Gasteiger partial charge in [-0.05, 0) is 119 Å². The Bertz CT molecular complexity index is 3520. The normalized spacial score (nSPS) is 12.6. The number of benzene rings is 10. The first kappa shape index (κ1) is 35.8. The number of nitrogens with zero attached hydrogens (tertiary/aromatic N) is 2. The Hall–Kier alpha value is -8.07. The van der Waals surface area contributed by atoms with Crippen molar-refractivity contribution in [3.63, 3.8) is 0 Å². The van der Waals surface area contributed by atoms with Crippen LogP contribution < -0.4 is 0 Å². The molecule has 0 unspecified atom stereocenters. The quantitative estimate of drug-likeness (QED) is 0.153. The van der Waals surface area contributed by atoms with Gasteiger partial charge in [0.05, 0.1) is 11.0 Å². The largest absolute Gasteiger partial charge is 0.292 e. The lowest BCUT2D eigenvalue weighted by molar-refractivity contribution is 1.10. The molecule has 2 nitrogen and oxygen atoms in total. The molecule has 0 fully saturated rings. The molecule has 0 bridgehead atoms. The van der Waals surface area contributed by atoms with Crippen LogP contribution in [0.15, 0.2) is 224 Å². The third-order valence-corrected chi connectivity index (χ3v) is 12.7. The van der Waals surface area contributed by atoms with Crippen molar-refractivity contribution in [2.24, 2.45) is 0 Å². The Morgan fingerprint density at radius 3 is 1.66 bits per heavy atom. The number of hydrogen-bond donors (Lipinski definition) is 0. The zero-order valence-corrected chi connectivity index (χ0v) is 34.0. The number of imidazole rings is 1. The summed E-state index contributed by atoms with van der Waals surface area (Å²) < 4.78 is 2.25. The SMILES string of the molecule is C1=CC(c2c3ccccc3c(-c3ccc4ccccc4c3)c3cc(-c4ccc(-c5ccc(-c6nc7ccccc7n6-c6ccccc6)cc5)cc4)ccc23)C=Cc2ccccc21. The summed E-state index contributed by atoms with van der Waals surface area (Å²) in [6, 6.07) is 77.0. The van der Waals surface area contributed by atoms with Crippen LogP contribution >= 0.6 is 0 Å². The Morgan fingerprint density at radius 1 is 0.371 bits per heavy atom. The molecule has 0 N–H and O–H groups in total. The van der Waals surface area contributed by atoms with Crippen molar-refractivity contribution in [2.75, 3.05) is 0 Å². The van der Waals surface area contributed by atoms with Gasteiger partial charge in [0.25, 0.3) is 0 Å². The Morgan fingerprint density at radius 2 is 0.919 bits per heavy atom. The van der Waals surface area contributed by atoms with Crippen LogP contribution in [0.1, 0.15) is 22.6 Å². The van der Waals surface area contributed by atoms with E-state index in [1.165, 1.54) is 82.4 Å². The van der Waals surface area contributed by atoms with E-state index in [1.807, 2.05) is 0 Å². The van der Waals surface area contributed by atoms with Crippen LogP contribution in [0.5, 0.6) is 0 Å². The highest BCUT2D eigenvalue weighted by molar-refractivity contribution is 6.17. The Balaban J connectivity index is 0.958. The number of rotatable bonds is 6. The number of aromatic nitrogens is 2. The minimum Gasteiger partial charge on any atom is -0.292 e. The average Bonchev–Trinajstić information content (AvgIpc) is 3.60. The van der Waals surface area contributed by atoms with E-state index < -0.39 is 0 Å². The molecular weight excluding hydrogens is 749 g/mol. The van der Waals surface area contributed by atoms with Gasteiger partial charge in [0, 0.05) is 17.2 Å². The predicted molar refractivity (Wildman–Crippen MR) is 263 cm³/mol. The van der Waals surface area contributed by atoms with E-state index in [1.54, 1.807) is 0 Å². The van der Waals surface area contributed by atoms with Crippen LogP contribution in [-0.4, -0.2) is 9.55 Å². The molecule has 1 aliphatic rings. The smallest absolute Gasteiger partial charge is 0.145 e. The minimum absolute atomic E-state index is 0.106. The van der Waals surface area contributed by atoms with Gasteiger partial charge < -0.3 is 0 Å². The van der Waals surface area contributed by atoms with E-state index in [0.717, 1.165) is 28.1 Å². The van der Waals surface area contributed by atoms with Gasteiger partial charge in [-0.2, -0.15) is 0 Å². The fourth-order valence-corrected chi connectivity index (χ4v) is 9.62.